The lowest BCUT2D eigenvalue weighted by Gasteiger charge is -2.08. The predicted octanol–water partition coefficient (Wildman–Crippen LogP) is 7.17. The number of nitrogens with two attached hydrogens (primary N) is 1. The third kappa shape index (κ3) is 3.39. The first-order valence-electron chi connectivity index (χ1n) is 8.73. The fourth-order valence-electron chi connectivity index (χ4n) is 2.91. The number of hydrogen-bond donors (Lipinski definition) is 1. The van der Waals surface area contributed by atoms with Gasteiger partial charge in [0.25, 0.3) is 0 Å². The maximum absolute atomic E-state index is 6.58. The summed E-state index contributed by atoms with van der Waals surface area (Å²) in [6, 6.07) is 16.9. The van der Waals surface area contributed by atoms with Crippen molar-refractivity contribution in [3.8, 4) is 21.7 Å². The summed E-state index contributed by atoms with van der Waals surface area (Å²) in [6.07, 6.45) is 2.41. The smallest absolute Gasteiger partial charge is 0.127 e. The molecule has 0 amide bonds. The van der Waals surface area contributed by atoms with Crippen molar-refractivity contribution in [2.45, 2.75) is 24.0 Å². The van der Waals surface area contributed by atoms with Crippen LogP contribution in [0.15, 0.2) is 58.1 Å². The highest BCUT2D eigenvalue weighted by Gasteiger charge is 2.18. The summed E-state index contributed by atoms with van der Waals surface area (Å²) in [5.41, 5.74) is 10.9. The number of fused-ring (bicyclic) bond motifs is 1. The molecular formula is C21H20N2S3. The Labute approximate surface area is 166 Å². The fraction of sp³-hybridized carbons (Fsp3) is 0.190. The number of thioether (sulfide) groups is 1. The fourth-order valence-corrected chi connectivity index (χ4v) is 6.05. The molecule has 0 atom stereocenters. The van der Waals surface area contributed by atoms with Crippen molar-refractivity contribution in [3.05, 3.63) is 53.9 Å². The van der Waals surface area contributed by atoms with Crippen molar-refractivity contribution < 1.29 is 0 Å². The Morgan fingerprint density at radius 1 is 1.12 bits per heavy atom. The zero-order chi connectivity index (χ0) is 17.9. The van der Waals surface area contributed by atoms with E-state index in [1.807, 2.05) is 17.8 Å². The van der Waals surface area contributed by atoms with Crippen molar-refractivity contribution in [1.82, 2.24) is 4.98 Å². The Morgan fingerprint density at radius 3 is 2.69 bits per heavy atom. The molecule has 2 nitrogen and oxygen atoms in total. The van der Waals surface area contributed by atoms with Gasteiger partial charge in [-0.05, 0) is 40.8 Å². The summed E-state index contributed by atoms with van der Waals surface area (Å²) >= 11 is 5.31. The number of unbranched alkanes of at least 4 members (excludes halogenated alkanes) is 1. The van der Waals surface area contributed by atoms with Gasteiger partial charge in [-0.2, -0.15) is 0 Å². The van der Waals surface area contributed by atoms with Gasteiger partial charge in [-0.25, -0.2) is 4.98 Å². The van der Waals surface area contributed by atoms with E-state index in [1.54, 1.807) is 22.7 Å². The monoisotopic (exact) mass is 396 g/mol. The summed E-state index contributed by atoms with van der Waals surface area (Å²) in [7, 11) is 0. The molecule has 0 aliphatic rings. The number of hydrogen-bond acceptors (Lipinski definition) is 5. The number of benzene rings is 1. The van der Waals surface area contributed by atoms with E-state index in [-0.39, 0.29) is 0 Å². The van der Waals surface area contributed by atoms with Gasteiger partial charge in [-0.3, -0.25) is 0 Å². The summed E-state index contributed by atoms with van der Waals surface area (Å²) in [4.78, 5) is 7.17. The van der Waals surface area contributed by atoms with Crippen LogP contribution in [-0.2, 0) is 0 Å². The molecule has 0 saturated heterocycles. The number of rotatable bonds is 6. The van der Waals surface area contributed by atoms with Crippen LogP contribution in [-0.4, -0.2) is 10.7 Å². The van der Waals surface area contributed by atoms with Crippen molar-refractivity contribution >= 4 is 50.3 Å². The first-order valence-corrected chi connectivity index (χ1v) is 11.4. The summed E-state index contributed by atoms with van der Waals surface area (Å²) in [5.74, 6) is 1.10. The Kier molecular flexibility index (Phi) is 5.29. The quantitative estimate of drug-likeness (QED) is 0.277. The van der Waals surface area contributed by atoms with E-state index >= 15 is 0 Å². The number of pyridine rings is 1. The minimum absolute atomic E-state index is 0.884. The van der Waals surface area contributed by atoms with Gasteiger partial charge in [0, 0.05) is 5.39 Å². The van der Waals surface area contributed by atoms with Gasteiger partial charge in [0.05, 0.1) is 20.5 Å². The normalized spacial score (nSPS) is 11.3. The Hall–Kier alpha value is -1.82. The Morgan fingerprint density at radius 2 is 1.96 bits per heavy atom. The van der Waals surface area contributed by atoms with Crippen LogP contribution in [0.25, 0.3) is 31.9 Å². The maximum Gasteiger partial charge on any atom is 0.127 e. The zero-order valence-corrected chi connectivity index (χ0v) is 17.0. The van der Waals surface area contributed by atoms with Gasteiger partial charge in [-0.1, -0.05) is 49.7 Å². The van der Waals surface area contributed by atoms with Crippen LogP contribution in [0.5, 0.6) is 0 Å². The Bertz CT molecular complexity index is 1000. The molecule has 132 valence electrons. The van der Waals surface area contributed by atoms with Gasteiger partial charge in [0.1, 0.15) is 4.83 Å². The molecule has 0 aliphatic carbocycles. The second-order valence-electron chi connectivity index (χ2n) is 6.08. The van der Waals surface area contributed by atoms with E-state index in [0.29, 0.717) is 0 Å². The third-order valence-electron chi connectivity index (χ3n) is 4.25. The SMILES string of the molecule is CCCCSc1sc2nc(-c3cccs3)cc(-c3ccccc3)c2c1N. The van der Waals surface area contributed by atoms with Crippen LogP contribution < -0.4 is 5.73 Å². The minimum Gasteiger partial charge on any atom is -0.397 e. The van der Waals surface area contributed by atoms with E-state index < -0.39 is 0 Å². The lowest BCUT2D eigenvalue weighted by Crippen LogP contribution is -1.90. The van der Waals surface area contributed by atoms with E-state index in [9.17, 15) is 0 Å². The highest BCUT2D eigenvalue weighted by molar-refractivity contribution is 8.01. The molecule has 0 unspecified atom stereocenters. The largest absolute Gasteiger partial charge is 0.397 e. The first kappa shape index (κ1) is 17.6. The summed E-state index contributed by atoms with van der Waals surface area (Å²) in [5, 5.41) is 3.19. The molecule has 0 saturated carbocycles. The lowest BCUT2D eigenvalue weighted by molar-refractivity contribution is 0.897. The van der Waals surface area contributed by atoms with E-state index in [4.69, 9.17) is 10.7 Å². The molecule has 0 fully saturated rings. The van der Waals surface area contributed by atoms with E-state index in [2.05, 4.69) is 54.8 Å². The number of nitrogens with zero attached hydrogens (tertiary/aromatic N) is 1. The van der Waals surface area contributed by atoms with Crippen LogP contribution in [0.4, 0.5) is 5.69 Å². The standard InChI is InChI=1S/C21H20N2S3/c1-2-3-11-25-21-19(22)18-15(14-8-5-4-6-9-14)13-16(23-20(18)26-21)17-10-7-12-24-17/h4-10,12-13H,2-3,11,22H2,1H3. The van der Waals surface area contributed by atoms with Crippen LogP contribution in [0.2, 0.25) is 0 Å². The molecule has 4 rings (SSSR count). The molecule has 1 aromatic carbocycles. The average molecular weight is 397 g/mol. The van der Waals surface area contributed by atoms with Gasteiger partial charge in [-0.15, -0.1) is 34.4 Å². The van der Waals surface area contributed by atoms with Gasteiger partial charge in [0.15, 0.2) is 0 Å². The highest BCUT2D eigenvalue weighted by Crippen LogP contribution is 2.45. The first-order chi connectivity index (χ1) is 12.8. The molecule has 0 radical (unpaired) electrons. The van der Waals surface area contributed by atoms with Crippen molar-refractivity contribution in [1.29, 1.82) is 0 Å². The van der Waals surface area contributed by atoms with Crippen molar-refractivity contribution in [2.75, 3.05) is 11.5 Å². The summed E-state index contributed by atoms with van der Waals surface area (Å²) < 4.78 is 1.20. The van der Waals surface area contributed by atoms with Gasteiger partial charge < -0.3 is 5.73 Å². The zero-order valence-electron chi connectivity index (χ0n) is 14.6. The lowest BCUT2D eigenvalue weighted by atomic mass is 10.0. The molecule has 3 heterocycles. The molecule has 26 heavy (non-hydrogen) atoms. The number of aromatic nitrogens is 1. The number of anilines is 1. The molecule has 3 aromatic heterocycles. The minimum atomic E-state index is 0.884. The second-order valence-corrected chi connectivity index (χ2v) is 9.39. The van der Waals surface area contributed by atoms with Gasteiger partial charge in [0.2, 0.25) is 0 Å². The van der Waals surface area contributed by atoms with Gasteiger partial charge >= 0.3 is 0 Å². The van der Waals surface area contributed by atoms with Crippen LogP contribution >= 0.6 is 34.4 Å². The third-order valence-corrected chi connectivity index (χ3v) is 7.62. The highest BCUT2D eigenvalue weighted by atomic mass is 32.2. The van der Waals surface area contributed by atoms with E-state index in [1.165, 1.54) is 33.1 Å². The molecule has 5 heteroatoms. The van der Waals surface area contributed by atoms with Crippen molar-refractivity contribution in [2.24, 2.45) is 0 Å². The average Bonchev–Trinajstić information content (AvgIpc) is 3.31. The molecule has 4 aromatic rings. The molecule has 0 aliphatic heterocycles. The Balaban J connectivity index is 1.90. The van der Waals surface area contributed by atoms with Crippen LogP contribution in [0.1, 0.15) is 19.8 Å². The second kappa shape index (κ2) is 7.82. The molecular weight excluding hydrogens is 376 g/mol. The molecule has 2 N–H and O–H groups in total. The van der Waals surface area contributed by atoms with E-state index in [0.717, 1.165) is 27.4 Å². The predicted molar refractivity (Wildman–Crippen MR) is 118 cm³/mol. The van der Waals surface area contributed by atoms with Crippen molar-refractivity contribution in [3.63, 3.8) is 0 Å². The molecule has 0 spiro atoms. The topological polar surface area (TPSA) is 38.9 Å². The summed E-state index contributed by atoms with van der Waals surface area (Å²) in [6.45, 7) is 2.22. The molecule has 0 bridgehead atoms. The number of nitrogen functional groups attached to an aromatic ring is 1. The number of thiophene rings is 2. The van der Waals surface area contributed by atoms with Crippen LogP contribution in [0.3, 0.4) is 0 Å². The van der Waals surface area contributed by atoms with Crippen LogP contribution in [0, 0.1) is 0 Å². The maximum atomic E-state index is 6.58.